The minimum atomic E-state index is 0.0329. The third-order valence-electron chi connectivity index (χ3n) is 2.23. The zero-order valence-corrected chi connectivity index (χ0v) is 12.6. The lowest BCUT2D eigenvalue weighted by Crippen LogP contribution is -2.37. The summed E-state index contributed by atoms with van der Waals surface area (Å²) in [5.41, 5.74) is 0.0952. The van der Waals surface area contributed by atoms with Gasteiger partial charge in [-0.15, -0.1) is 11.3 Å². The molecule has 0 fully saturated rings. The highest BCUT2D eigenvalue weighted by Crippen LogP contribution is 2.26. The van der Waals surface area contributed by atoms with Crippen LogP contribution in [0.2, 0.25) is 0 Å². The van der Waals surface area contributed by atoms with Gasteiger partial charge in [-0.2, -0.15) is 0 Å². The molecule has 0 aliphatic carbocycles. The van der Waals surface area contributed by atoms with Crippen LogP contribution in [-0.4, -0.2) is 23.5 Å². The van der Waals surface area contributed by atoms with Crippen molar-refractivity contribution in [2.75, 3.05) is 6.54 Å². The Hall–Kier alpha value is -0.940. The van der Waals surface area contributed by atoms with Crippen molar-refractivity contribution in [3.8, 4) is 0 Å². The molecule has 2 N–H and O–H groups in total. The summed E-state index contributed by atoms with van der Waals surface area (Å²) < 4.78 is 0. The highest BCUT2D eigenvalue weighted by Gasteiger charge is 2.17. The molecule has 0 atom stereocenters. The number of hydrogen-bond acceptors (Lipinski definition) is 4. The Labute approximate surface area is 113 Å². The molecule has 0 unspecified atom stereocenters. The van der Waals surface area contributed by atoms with Crippen molar-refractivity contribution < 1.29 is 4.79 Å². The second kappa shape index (κ2) is 6.29. The minimum absolute atomic E-state index is 0.0329. The first-order valence-corrected chi connectivity index (χ1v) is 7.06. The van der Waals surface area contributed by atoms with Crippen LogP contribution in [0.5, 0.6) is 0 Å². The molecule has 0 saturated heterocycles. The second-order valence-corrected chi connectivity index (χ2v) is 6.82. The molecule has 1 amide bonds. The standard InChI is InChI=1S/C13H23N3OS/c1-9(2)16-11(17)8-14-6-10-7-15-12(18-10)13(3,4)5/h7,9,14H,6,8H2,1-5H3,(H,16,17). The van der Waals surface area contributed by atoms with E-state index in [0.29, 0.717) is 13.1 Å². The Morgan fingerprint density at radius 3 is 2.61 bits per heavy atom. The first-order valence-electron chi connectivity index (χ1n) is 6.24. The van der Waals surface area contributed by atoms with E-state index in [0.717, 1.165) is 9.88 Å². The number of amides is 1. The van der Waals surface area contributed by atoms with E-state index < -0.39 is 0 Å². The quantitative estimate of drug-likeness (QED) is 0.860. The fourth-order valence-electron chi connectivity index (χ4n) is 1.41. The maximum absolute atomic E-state index is 11.4. The third-order valence-corrected chi connectivity index (χ3v) is 3.65. The van der Waals surface area contributed by atoms with Crippen LogP contribution in [0, 0.1) is 0 Å². The van der Waals surface area contributed by atoms with Gasteiger partial charge in [-0.05, 0) is 13.8 Å². The summed E-state index contributed by atoms with van der Waals surface area (Å²) in [6.45, 7) is 11.4. The molecule has 0 spiro atoms. The van der Waals surface area contributed by atoms with E-state index in [1.165, 1.54) is 0 Å². The highest BCUT2D eigenvalue weighted by molar-refractivity contribution is 7.11. The Morgan fingerprint density at radius 1 is 1.44 bits per heavy atom. The molecule has 5 heteroatoms. The molecular weight excluding hydrogens is 246 g/mol. The van der Waals surface area contributed by atoms with Crippen LogP contribution in [0.4, 0.5) is 0 Å². The van der Waals surface area contributed by atoms with Crippen LogP contribution < -0.4 is 10.6 Å². The molecule has 4 nitrogen and oxygen atoms in total. The Kier molecular flexibility index (Phi) is 5.28. The van der Waals surface area contributed by atoms with Gasteiger partial charge >= 0.3 is 0 Å². The number of aromatic nitrogens is 1. The van der Waals surface area contributed by atoms with Gasteiger partial charge in [0.05, 0.1) is 11.6 Å². The molecule has 0 aliphatic heterocycles. The molecule has 18 heavy (non-hydrogen) atoms. The van der Waals surface area contributed by atoms with Crippen molar-refractivity contribution in [1.29, 1.82) is 0 Å². The van der Waals surface area contributed by atoms with E-state index in [-0.39, 0.29) is 17.4 Å². The van der Waals surface area contributed by atoms with E-state index in [1.54, 1.807) is 11.3 Å². The highest BCUT2D eigenvalue weighted by atomic mass is 32.1. The number of carbonyl (C=O) groups excluding carboxylic acids is 1. The predicted molar refractivity (Wildman–Crippen MR) is 75.8 cm³/mol. The average Bonchev–Trinajstić information content (AvgIpc) is 2.64. The minimum Gasteiger partial charge on any atom is -0.353 e. The van der Waals surface area contributed by atoms with Gasteiger partial charge in [0.1, 0.15) is 0 Å². The van der Waals surface area contributed by atoms with Gasteiger partial charge in [-0.1, -0.05) is 20.8 Å². The van der Waals surface area contributed by atoms with Crippen LogP contribution in [0.15, 0.2) is 6.20 Å². The third kappa shape index (κ3) is 5.14. The lowest BCUT2D eigenvalue weighted by Gasteiger charge is -2.13. The molecule has 1 aromatic heterocycles. The molecule has 1 heterocycles. The van der Waals surface area contributed by atoms with Crippen LogP contribution in [-0.2, 0) is 16.8 Å². The van der Waals surface area contributed by atoms with Crippen molar-refractivity contribution >= 4 is 17.2 Å². The number of thiazole rings is 1. The van der Waals surface area contributed by atoms with Gasteiger partial charge in [0, 0.05) is 29.1 Å². The summed E-state index contributed by atoms with van der Waals surface area (Å²) in [5, 5.41) is 7.11. The van der Waals surface area contributed by atoms with Gasteiger partial charge < -0.3 is 10.6 Å². The van der Waals surface area contributed by atoms with Gasteiger partial charge in [0.25, 0.3) is 0 Å². The van der Waals surface area contributed by atoms with E-state index in [2.05, 4.69) is 36.4 Å². The van der Waals surface area contributed by atoms with Crippen molar-refractivity contribution in [3.63, 3.8) is 0 Å². The molecule has 0 bridgehead atoms. The van der Waals surface area contributed by atoms with Crippen molar-refractivity contribution in [2.45, 2.75) is 52.6 Å². The first-order chi connectivity index (χ1) is 8.29. The summed E-state index contributed by atoms with van der Waals surface area (Å²) in [5.74, 6) is 0.0329. The second-order valence-electron chi connectivity index (χ2n) is 5.71. The normalized spacial score (nSPS) is 11.9. The van der Waals surface area contributed by atoms with Crippen molar-refractivity contribution in [2.24, 2.45) is 0 Å². The molecule has 102 valence electrons. The van der Waals surface area contributed by atoms with Crippen LogP contribution in [0.1, 0.15) is 44.5 Å². The summed E-state index contributed by atoms with van der Waals surface area (Å²) >= 11 is 1.70. The molecule has 1 rings (SSSR count). The van der Waals surface area contributed by atoms with E-state index in [1.807, 2.05) is 20.0 Å². The fraction of sp³-hybridized carbons (Fsp3) is 0.692. The monoisotopic (exact) mass is 269 g/mol. The molecular formula is C13H23N3OS. The number of nitrogens with one attached hydrogen (secondary N) is 2. The van der Waals surface area contributed by atoms with Crippen molar-refractivity contribution in [1.82, 2.24) is 15.6 Å². The van der Waals surface area contributed by atoms with Gasteiger partial charge in [0.15, 0.2) is 0 Å². The number of rotatable bonds is 5. The Balaban J connectivity index is 2.36. The summed E-state index contributed by atoms with van der Waals surface area (Å²) in [7, 11) is 0. The topological polar surface area (TPSA) is 54.0 Å². The van der Waals surface area contributed by atoms with Gasteiger partial charge in [0.2, 0.25) is 5.91 Å². The summed E-state index contributed by atoms with van der Waals surface area (Å²) in [6.07, 6.45) is 1.89. The van der Waals surface area contributed by atoms with Crippen LogP contribution in [0.25, 0.3) is 0 Å². The lowest BCUT2D eigenvalue weighted by atomic mass is 9.98. The van der Waals surface area contributed by atoms with E-state index in [4.69, 9.17) is 0 Å². The largest absolute Gasteiger partial charge is 0.353 e. The first kappa shape index (κ1) is 15.1. The van der Waals surface area contributed by atoms with Crippen molar-refractivity contribution in [3.05, 3.63) is 16.1 Å². The zero-order valence-electron chi connectivity index (χ0n) is 11.8. The van der Waals surface area contributed by atoms with Crippen LogP contribution >= 0.6 is 11.3 Å². The maximum Gasteiger partial charge on any atom is 0.234 e. The summed E-state index contributed by atoms with van der Waals surface area (Å²) in [6, 6.07) is 0.190. The average molecular weight is 269 g/mol. The molecule has 0 aliphatic rings. The maximum atomic E-state index is 11.4. The van der Waals surface area contributed by atoms with Gasteiger partial charge in [-0.3, -0.25) is 4.79 Å². The van der Waals surface area contributed by atoms with E-state index >= 15 is 0 Å². The van der Waals surface area contributed by atoms with Gasteiger partial charge in [-0.25, -0.2) is 4.98 Å². The Bertz CT molecular complexity index is 393. The SMILES string of the molecule is CC(C)NC(=O)CNCc1cnc(C(C)(C)C)s1. The molecule has 1 aromatic rings. The smallest absolute Gasteiger partial charge is 0.234 e. The predicted octanol–water partition coefficient (Wildman–Crippen LogP) is 2.05. The number of hydrogen-bond donors (Lipinski definition) is 2. The fourth-order valence-corrected chi connectivity index (χ4v) is 2.35. The molecule has 0 radical (unpaired) electrons. The number of carbonyl (C=O) groups is 1. The van der Waals surface area contributed by atoms with E-state index in [9.17, 15) is 4.79 Å². The molecule has 0 aromatic carbocycles. The lowest BCUT2D eigenvalue weighted by molar-refractivity contribution is -0.120. The summed E-state index contributed by atoms with van der Waals surface area (Å²) in [4.78, 5) is 17.0. The number of nitrogens with zero attached hydrogens (tertiary/aromatic N) is 1. The zero-order chi connectivity index (χ0) is 13.8. The molecule has 0 saturated carbocycles. The Morgan fingerprint density at radius 2 is 2.11 bits per heavy atom. The van der Waals surface area contributed by atoms with Crippen LogP contribution in [0.3, 0.4) is 0 Å².